The molecule has 0 amide bonds. The number of benzene rings is 1. The summed E-state index contributed by atoms with van der Waals surface area (Å²) in [7, 11) is 0. The summed E-state index contributed by atoms with van der Waals surface area (Å²) >= 11 is 0. The number of hydrogen-bond donors (Lipinski definition) is 1. The van der Waals surface area contributed by atoms with Crippen LogP contribution >= 0.6 is 0 Å². The normalized spacial score (nSPS) is 19.8. The van der Waals surface area contributed by atoms with E-state index in [1.807, 2.05) is 52.0 Å². The van der Waals surface area contributed by atoms with Crippen LogP contribution < -0.4 is 4.74 Å². The highest BCUT2D eigenvalue weighted by atomic mass is 16.5. The van der Waals surface area contributed by atoms with Gasteiger partial charge in [-0.1, -0.05) is 32.9 Å². The molecule has 1 fully saturated rings. The first-order valence-corrected chi connectivity index (χ1v) is 6.30. The standard InChI is InChI=1S/C15H22O2/c1-14(2,3)15(4,16)11-5-7-12(8-6-11)17-13-9-10-13/h5-8,13,16H,9-10H2,1-4H3. The molecule has 1 aliphatic carbocycles. The second kappa shape index (κ2) is 4.02. The Labute approximate surface area is 104 Å². The minimum Gasteiger partial charge on any atom is -0.490 e. The van der Waals surface area contributed by atoms with Crippen LogP contribution in [0.3, 0.4) is 0 Å². The van der Waals surface area contributed by atoms with Gasteiger partial charge in [-0.05, 0) is 42.9 Å². The zero-order chi connectivity index (χ0) is 12.7. The van der Waals surface area contributed by atoms with Gasteiger partial charge in [-0.2, -0.15) is 0 Å². The van der Waals surface area contributed by atoms with Crippen LogP contribution in [0.15, 0.2) is 24.3 Å². The van der Waals surface area contributed by atoms with E-state index in [4.69, 9.17) is 4.74 Å². The van der Waals surface area contributed by atoms with Gasteiger partial charge in [0.15, 0.2) is 0 Å². The molecule has 1 aromatic carbocycles. The lowest BCUT2D eigenvalue weighted by Gasteiger charge is -2.37. The van der Waals surface area contributed by atoms with Gasteiger partial charge in [-0.15, -0.1) is 0 Å². The molecule has 1 aromatic rings. The molecule has 0 bridgehead atoms. The fourth-order valence-corrected chi connectivity index (χ4v) is 1.67. The van der Waals surface area contributed by atoms with Gasteiger partial charge < -0.3 is 9.84 Å². The molecule has 17 heavy (non-hydrogen) atoms. The highest BCUT2D eigenvalue weighted by molar-refractivity contribution is 5.32. The van der Waals surface area contributed by atoms with Gasteiger partial charge in [0.1, 0.15) is 5.75 Å². The fraction of sp³-hybridized carbons (Fsp3) is 0.600. The van der Waals surface area contributed by atoms with Crippen LogP contribution in [0.2, 0.25) is 0 Å². The van der Waals surface area contributed by atoms with E-state index in [2.05, 4.69) is 0 Å². The van der Waals surface area contributed by atoms with Crippen LogP contribution in [0.25, 0.3) is 0 Å². The van der Waals surface area contributed by atoms with Crippen molar-refractivity contribution in [3.63, 3.8) is 0 Å². The van der Waals surface area contributed by atoms with Gasteiger partial charge in [0.05, 0.1) is 11.7 Å². The Balaban J connectivity index is 2.16. The molecule has 2 nitrogen and oxygen atoms in total. The molecular formula is C15H22O2. The second-order valence-corrected chi connectivity index (χ2v) is 6.16. The lowest BCUT2D eigenvalue weighted by Crippen LogP contribution is -2.36. The van der Waals surface area contributed by atoms with E-state index in [0.717, 1.165) is 11.3 Å². The fourth-order valence-electron chi connectivity index (χ4n) is 1.67. The van der Waals surface area contributed by atoms with Crippen LogP contribution in [-0.2, 0) is 5.60 Å². The van der Waals surface area contributed by atoms with Crippen molar-refractivity contribution in [1.29, 1.82) is 0 Å². The summed E-state index contributed by atoms with van der Waals surface area (Å²) in [5.41, 5.74) is -0.0788. The smallest absolute Gasteiger partial charge is 0.119 e. The zero-order valence-corrected chi connectivity index (χ0v) is 11.2. The molecule has 0 radical (unpaired) electrons. The first-order chi connectivity index (χ1) is 7.80. The molecular weight excluding hydrogens is 212 g/mol. The third-order valence-corrected chi connectivity index (χ3v) is 3.70. The number of aliphatic hydroxyl groups is 1. The Kier molecular flexibility index (Phi) is 2.94. The molecule has 2 rings (SSSR count). The third-order valence-electron chi connectivity index (χ3n) is 3.70. The number of hydrogen-bond acceptors (Lipinski definition) is 2. The lowest BCUT2D eigenvalue weighted by molar-refractivity contribution is -0.0470. The monoisotopic (exact) mass is 234 g/mol. The molecule has 0 aliphatic heterocycles. The molecule has 1 unspecified atom stereocenters. The van der Waals surface area contributed by atoms with Crippen molar-refractivity contribution in [2.75, 3.05) is 0 Å². The van der Waals surface area contributed by atoms with E-state index in [9.17, 15) is 5.11 Å². The van der Waals surface area contributed by atoms with E-state index in [1.165, 1.54) is 12.8 Å². The maximum Gasteiger partial charge on any atom is 0.119 e. The average Bonchev–Trinajstić information content (AvgIpc) is 3.01. The van der Waals surface area contributed by atoms with E-state index in [1.54, 1.807) is 0 Å². The molecule has 0 spiro atoms. The average molecular weight is 234 g/mol. The van der Waals surface area contributed by atoms with E-state index >= 15 is 0 Å². The summed E-state index contributed by atoms with van der Waals surface area (Å²) in [4.78, 5) is 0. The van der Waals surface area contributed by atoms with Gasteiger partial charge in [-0.3, -0.25) is 0 Å². The van der Waals surface area contributed by atoms with Gasteiger partial charge in [0.2, 0.25) is 0 Å². The highest BCUT2D eigenvalue weighted by Gasteiger charge is 2.36. The summed E-state index contributed by atoms with van der Waals surface area (Å²) in [6.45, 7) is 7.99. The molecule has 94 valence electrons. The SMILES string of the molecule is CC(C)(C)C(C)(O)c1ccc(OC2CC2)cc1. The van der Waals surface area contributed by atoms with Crippen molar-refractivity contribution in [2.24, 2.45) is 5.41 Å². The number of rotatable bonds is 3. The minimum absolute atomic E-state index is 0.189. The summed E-state index contributed by atoms with van der Waals surface area (Å²) in [5.74, 6) is 0.904. The van der Waals surface area contributed by atoms with Crippen LogP contribution in [0, 0.1) is 5.41 Å². The summed E-state index contributed by atoms with van der Waals surface area (Å²) in [6, 6.07) is 7.83. The van der Waals surface area contributed by atoms with Gasteiger partial charge >= 0.3 is 0 Å². The lowest BCUT2D eigenvalue weighted by atomic mass is 9.73. The van der Waals surface area contributed by atoms with E-state index < -0.39 is 5.60 Å². The van der Waals surface area contributed by atoms with Crippen molar-refractivity contribution in [3.05, 3.63) is 29.8 Å². The molecule has 2 heteroatoms. The maximum atomic E-state index is 10.6. The molecule has 1 N–H and O–H groups in total. The van der Waals surface area contributed by atoms with Crippen molar-refractivity contribution in [2.45, 2.75) is 52.2 Å². The first-order valence-electron chi connectivity index (χ1n) is 6.30. The molecule has 0 saturated heterocycles. The molecule has 0 aromatic heterocycles. The Morgan fingerprint density at radius 2 is 1.59 bits per heavy atom. The predicted molar refractivity (Wildman–Crippen MR) is 69.1 cm³/mol. The first kappa shape index (κ1) is 12.4. The van der Waals surface area contributed by atoms with Crippen molar-refractivity contribution in [1.82, 2.24) is 0 Å². The van der Waals surface area contributed by atoms with Crippen LogP contribution in [-0.4, -0.2) is 11.2 Å². The third kappa shape index (κ3) is 2.63. The largest absolute Gasteiger partial charge is 0.490 e. The van der Waals surface area contributed by atoms with Gasteiger partial charge in [0, 0.05) is 0 Å². The highest BCUT2D eigenvalue weighted by Crippen LogP contribution is 2.39. The topological polar surface area (TPSA) is 29.5 Å². The Bertz CT molecular complexity index is 380. The van der Waals surface area contributed by atoms with Gasteiger partial charge in [0.25, 0.3) is 0 Å². The zero-order valence-electron chi connectivity index (χ0n) is 11.2. The quantitative estimate of drug-likeness (QED) is 0.867. The summed E-state index contributed by atoms with van der Waals surface area (Å²) in [5, 5.41) is 10.6. The predicted octanol–water partition coefficient (Wildman–Crippen LogP) is 3.48. The second-order valence-electron chi connectivity index (χ2n) is 6.16. The van der Waals surface area contributed by atoms with Crippen molar-refractivity contribution in [3.8, 4) is 5.75 Å². The maximum absolute atomic E-state index is 10.6. The van der Waals surface area contributed by atoms with Crippen LogP contribution in [0.5, 0.6) is 5.75 Å². The summed E-state index contributed by atoms with van der Waals surface area (Å²) < 4.78 is 5.70. The molecule has 0 heterocycles. The van der Waals surface area contributed by atoms with Crippen molar-refractivity contribution < 1.29 is 9.84 Å². The van der Waals surface area contributed by atoms with Crippen LogP contribution in [0.4, 0.5) is 0 Å². The molecule has 1 saturated carbocycles. The molecule has 1 atom stereocenters. The van der Waals surface area contributed by atoms with Gasteiger partial charge in [-0.25, -0.2) is 0 Å². The van der Waals surface area contributed by atoms with Crippen LogP contribution in [0.1, 0.15) is 46.1 Å². The van der Waals surface area contributed by atoms with Crippen molar-refractivity contribution >= 4 is 0 Å². The van der Waals surface area contributed by atoms with E-state index in [0.29, 0.717) is 6.10 Å². The Morgan fingerprint density at radius 3 is 2.00 bits per heavy atom. The Hall–Kier alpha value is -1.02. The minimum atomic E-state index is -0.828. The number of ether oxygens (including phenoxy) is 1. The molecule has 1 aliphatic rings. The summed E-state index contributed by atoms with van der Waals surface area (Å²) in [6.07, 6.45) is 2.76. The van der Waals surface area contributed by atoms with E-state index in [-0.39, 0.29) is 5.41 Å². The Morgan fingerprint density at radius 1 is 1.06 bits per heavy atom.